The van der Waals surface area contributed by atoms with E-state index >= 15 is 0 Å². The average molecular weight is 497 g/mol. The summed E-state index contributed by atoms with van der Waals surface area (Å²) in [5, 5.41) is 31.7. The molecule has 0 saturated heterocycles. The summed E-state index contributed by atoms with van der Waals surface area (Å²) in [4.78, 5) is 19.8. The predicted molar refractivity (Wildman–Crippen MR) is 124 cm³/mol. The van der Waals surface area contributed by atoms with E-state index in [1.807, 2.05) is 13.8 Å². The number of fused-ring (bicyclic) bond motifs is 3. The van der Waals surface area contributed by atoms with Crippen molar-refractivity contribution in [1.82, 2.24) is 9.97 Å². The molecule has 11 heteroatoms. The number of aromatic nitrogens is 2. The van der Waals surface area contributed by atoms with Crippen molar-refractivity contribution in [2.75, 3.05) is 17.6 Å². The van der Waals surface area contributed by atoms with Crippen LogP contribution in [0.3, 0.4) is 0 Å². The van der Waals surface area contributed by atoms with Crippen LogP contribution in [0.1, 0.15) is 62.8 Å². The second kappa shape index (κ2) is 10.3. The smallest absolute Gasteiger partial charge is 0.239 e. The van der Waals surface area contributed by atoms with E-state index in [1.54, 1.807) is 0 Å². The molecule has 0 amide bonds. The number of sulfonamides is 1. The van der Waals surface area contributed by atoms with E-state index in [9.17, 15) is 32.9 Å². The van der Waals surface area contributed by atoms with Crippen LogP contribution in [0.15, 0.2) is 18.2 Å². The number of benzene rings is 1. The van der Waals surface area contributed by atoms with Gasteiger partial charge in [0.1, 0.15) is 5.82 Å². The third-order valence-corrected chi connectivity index (χ3v) is 6.98. The van der Waals surface area contributed by atoms with Crippen molar-refractivity contribution in [1.29, 1.82) is 0 Å². The maximum absolute atomic E-state index is 14.2. The monoisotopic (exact) mass is 496 g/mol. The summed E-state index contributed by atoms with van der Waals surface area (Å²) in [5.74, 6) is -2.75. The van der Waals surface area contributed by atoms with Crippen LogP contribution in [0.4, 0.5) is 10.3 Å². The molecule has 1 heterocycles. The molecule has 3 atom stereocenters. The fourth-order valence-corrected chi connectivity index (χ4v) is 4.51. The van der Waals surface area contributed by atoms with Gasteiger partial charge in [0, 0.05) is 42.9 Å². The first-order valence-corrected chi connectivity index (χ1v) is 12.3. The van der Waals surface area contributed by atoms with Gasteiger partial charge >= 0.3 is 0 Å². The molecule has 0 spiro atoms. The normalized spacial score (nSPS) is 16.8. The molecule has 34 heavy (non-hydrogen) atoms. The summed E-state index contributed by atoms with van der Waals surface area (Å²) in [6.07, 6.45) is -2.12. The Morgan fingerprint density at radius 1 is 1.29 bits per heavy atom. The predicted octanol–water partition coefficient (Wildman–Crippen LogP) is 1.33. The van der Waals surface area contributed by atoms with Gasteiger partial charge in [-0.2, -0.15) is 0 Å². The summed E-state index contributed by atoms with van der Waals surface area (Å²) in [6, 6.07) is 4.04. The summed E-state index contributed by atoms with van der Waals surface area (Å²) >= 11 is 0. The quantitative estimate of drug-likeness (QED) is 0.557. The van der Waals surface area contributed by atoms with Crippen molar-refractivity contribution in [3.63, 3.8) is 0 Å². The van der Waals surface area contributed by atoms with Crippen LogP contribution in [0, 0.1) is 5.82 Å². The number of halogens is 1. The fourth-order valence-electron chi connectivity index (χ4n) is 4.13. The molecule has 3 unspecified atom stereocenters. The van der Waals surface area contributed by atoms with E-state index in [0.717, 1.165) is 10.6 Å². The second-order valence-corrected chi connectivity index (χ2v) is 10.7. The molecule has 3 rings (SSSR count). The zero-order valence-corrected chi connectivity index (χ0v) is 19.6. The van der Waals surface area contributed by atoms with Crippen LogP contribution in [0.2, 0.25) is 0 Å². The number of carbonyl (C=O) groups excluding carboxylic acids is 1. The van der Waals surface area contributed by atoms with E-state index in [1.165, 1.54) is 25.2 Å². The summed E-state index contributed by atoms with van der Waals surface area (Å²) in [5.41, 5.74) is 2.69. The van der Waals surface area contributed by atoms with Gasteiger partial charge < -0.3 is 20.1 Å². The molecule has 0 radical (unpaired) electrons. The number of aliphatic hydroxyl groups excluding tert-OH is 2. The molecule has 0 bridgehead atoms. The van der Waals surface area contributed by atoms with Crippen LogP contribution in [0.5, 0.6) is 0 Å². The van der Waals surface area contributed by atoms with Crippen molar-refractivity contribution in [2.24, 2.45) is 0 Å². The average Bonchev–Trinajstić information content (AvgIpc) is 2.69. The maximum Gasteiger partial charge on any atom is 0.239 e. The molecule has 0 aliphatic heterocycles. The second-order valence-electron chi connectivity index (χ2n) is 8.70. The Morgan fingerprint density at radius 3 is 2.50 bits per heavy atom. The van der Waals surface area contributed by atoms with Gasteiger partial charge in [0.25, 0.3) is 0 Å². The van der Waals surface area contributed by atoms with Gasteiger partial charge in [-0.3, -0.25) is 0 Å². The summed E-state index contributed by atoms with van der Waals surface area (Å²) in [6.45, 7) is 3.78. The highest BCUT2D eigenvalue weighted by Crippen LogP contribution is 2.44. The summed E-state index contributed by atoms with van der Waals surface area (Å²) in [7, 11) is -2.28. The molecular weight excluding hydrogens is 465 g/mol. The largest absolute Gasteiger partial charge is 0.550 e. The Bertz CT molecular complexity index is 1170. The lowest BCUT2D eigenvalue weighted by Gasteiger charge is -2.33. The van der Waals surface area contributed by atoms with Gasteiger partial charge in [-0.05, 0) is 36.1 Å². The number of rotatable bonds is 8. The van der Waals surface area contributed by atoms with E-state index in [-0.39, 0.29) is 32.1 Å². The lowest BCUT2D eigenvalue weighted by atomic mass is 9.75. The van der Waals surface area contributed by atoms with E-state index in [4.69, 9.17) is 0 Å². The molecule has 9 nitrogen and oxygen atoms in total. The van der Waals surface area contributed by atoms with Crippen molar-refractivity contribution in [2.45, 2.75) is 64.6 Å². The minimum atomic E-state index is -3.63. The Morgan fingerprint density at radius 2 is 1.94 bits per heavy atom. The van der Waals surface area contributed by atoms with Crippen molar-refractivity contribution < 1.29 is 32.9 Å². The number of carboxylic acids is 1. The Balaban J connectivity index is 0.00000408. The first-order chi connectivity index (χ1) is 15.3. The minimum absolute atomic E-state index is 0. The van der Waals surface area contributed by atoms with Crippen LogP contribution in [-0.4, -0.2) is 60.1 Å². The lowest BCUT2D eigenvalue weighted by molar-refractivity contribution is -0.307. The van der Waals surface area contributed by atoms with Crippen molar-refractivity contribution >= 4 is 21.9 Å². The van der Waals surface area contributed by atoms with Gasteiger partial charge in [0.15, 0.2) is 0 Å². The highest BCUT2D eigenvalue weighted by atomic mass is 32.2. The Labute approximate surface area is 199 Å². The molecule has 2 N–H and O–H groups in total. The first kappa shape index (κ1) is 27.6. The van der Waals surface area contributed by atoms with Gasteiger partial charge in [-0.1, -0.05) is 21.3 Å². The molecule has 1 aromatic carbocycles. The number of aliphatic hydroxyl groups is 2. The van der Waals surface area contributed by atoms with Crippen molar-refractivity contribution in [3.8, 4) is 11.3 Å². The maximum atomic E-state index is 14.2. The van der Waals surface area contributed by atoms with Crippen LogP contribution < -0.4 is 9.41 Å². The highest BCUT2D eigenvalue weighted by Gasteiger charge is 2.35. The molecular formula is C23H31FN3O6S-. The standard InChI is InChI=1S/C22H28FN3O6S.CH4/c1-11(2)20-17-10-16(18(28)8-13(27)9-19(29)30)15-7-12(23)5-6-14(15)21(17)25-22(24-20)26(3)33(4,31)32;/h5-7,11,13,16,18,27-28H,8-10H2,1-4H3,(H,29,30);1H4/p-1. The number of nitrogens with zero attached hydrogens (tertiary/aromatic N) is 3. The number of hydrogen-bond acceptors (Lipinski definition) is 8. The van der Waals surface area contributed by atoms with Crippen LogP contribution in [0.25, 0.3) is 11.3 Å². The summed E-state index contributed by atoms with van der Waals surface area (Å²) < 4.78 is 39.3. The van der Waals surface area contributed by atoms with Gasteiger partial charge in [0.2, 0.25) is 16.0 Å². The Kier molecular flexibility index (Phi) is 8.39. The number of aliphatic carboxylic acids is 1. The number of carboxylic acid groups (broad SMARTS) is 1. The third-order valence-electron chi connectivity index (χ3n) is 5.83. The topological polar surface area (TPSA) is 144 Å². The molecule has 2 aromatic rings. The molecule has 1 aliphatic carbocycles. The molecule has 188 valence electrons. The van der Waals surface area contributed by atoms with Crippen LogP contribution in [-0.2, 0) is 21.2 Å². The van der Waals surface area contributed by atoms with E-state index < -0.39 is 46.4 Å². The number of anilines is 1. The van der Waals surface area contributed by atoms with Crippen LogP contribution >= 0.6 is 0 Å². The zero-order valence-electron chi connectivity index (χ0n) is 18.8. The van der Waals surface area contributed by atoms with E-state index in [2.05, 4.69) is 9.97 Å². The Hall–Kier alpha value is -2.63. The molecule has 0 saturated carbocycles. The van der Waals surface area contributed by atoms with Gasteiger partial charge in [-0.15, -0.1) is 0 Å². The van der Waals surface area contributed by atoms with Crippen molar-refractivity contribution in [3.05, 3.63) is 40.8 Å². The molecule has 0 fully saturated rings. The van der Waals surface area contributed by atoms with Gasteiger partial charge in [-0.25, -0.2) is 27.1 Å². The third kappa shape index (κ3) is 5.70. The molecule has 1 aromatic heterocycles. The lowest BCUT2D eigenvalue weighted by Crippen LogP contribution is -2.33. The number of carbonyl (C=O) groups is 1. The number of hydrogen-bond donors (Lipinski definition) is 2. The zero-order chi connectivity index (χ0) is 24.7. The fraction of sp³-hybridized carbons (Fsp3) is 0.522. The molecule has 1 aliphatic rings. The van der Waals surface area contributed by atoms with E-state index in [0.29, 0.717) is 28.1 Å². The first-order valence-electron chi connectivity index (χ1n) is 10.5. The van der Waals surface area contributed by atoms with Gasteiger partial charge in [0.05, 0.1) is 29.9 Å². The highest BCUT2D eigenvalue weighted by molar-refractivity contribution is 7.92. The SMILES string of the molecule is C.CC(C)c1nc(N(C)S(C)(=O)=O)nc2c1CC(C(O)CC(O)CC(=O)[O-])c1cc(F)ccc1-2. The minimum Gasteiger partial charge on any atom is -0.550 e.